The van der Waals surface area contributed by atoms with Crippen molar-refractivity contribution in [2.24, 2.45) is 17.3 Å². The number of benzene rings is 1. The predicted octanol–water partition coefficient (Wildman–Crippen LogP) is 4.84. The van der Waals surface area contributed by atoms with Crippen LogP contribution in [0.3, 0.4) is 0 Å². The second kappa shape index (κ2) is 6.29. The van der Waals surface area contributed by atoms with E-state index in [1.807, 2.05) is 29.6 Å². The van der Waals surface area contributed by atoms with Gasteiger partial charge in [-0.25, -0.2) is 4.98 Å². The Morgan fingerprint density at radius 2 is 2.00 bits per heavy atom. The SMILES string of the molecule is O=C(OCc1csc(-c2ccccc2Cl)n1)C12C[C@@H]3C[C@@H](CC(O)(C3)C1)C2. The smallest absolute Gasteiger partial charge is 0.312 e. The normalized spacial score (nSPS) is 34.0. The largest absolute Gasteiger partial charge is 0.459 e. The van der Waals surface area contributed by atoms with Gasteiger partial charge in [-0.15, -0.1) is 11.3 Å². The summed E-state index contributed by atoms with van der Waals surface area (Å²) in [5.74, 6) is 0.784. The van der Waals surface area contributed by atoms with Crippen LogP contribution in [0.4, 0.5) is 0 Å². The molecular formula is C21H22ClNO3S. The van der Waals surface area contributed by atoms with Crippen LogP contribution in [0.2, 0.25) is 5.02 Å². The van der Waals surface area contributed by atoms with Crippen molar-refractivity contribution >= 4 is 28.9 Å². The molecule has 0 spiro atoms. The van der Waals surface area contributed by atoms with Gasteiger partial charge in [0.25, 0.3) is 0 Å². The molecule has 2 unspecified atom stereocenters. The molecule has 4 fully saturated rings. The molecule has 4 atom stereocenters. The minimum absolute atomic E-state index is 0.151. The van der Waals surface area contributed by atoms with Crippen LogP contribution in [0.1, 0.15) is 44.2 Å². The summed E-state index contributed by atoms with van der Waals surface area (Å²) < 4.78 is 5.70. The average molecular weight is 404 g/mol. The van der Waals surface area contributed by atoms with Crippen LogP contribution in [0.15, 0.2) is 29.6 Å². The molecule has 142 valence electrons. The maximum absolute atomic E-state index is 13.0. The highest BCUT2D eigenvalue weighted by atomic mass is 35.5. The number of thiazole rings is 1. The first kappa shape index (κ1) is 17.7. The number of esters is 1. The molecule has 6 heteroatoms. The third kappa shape index (κ3) is 3.10. The van der Waals surface area contributed by atoms with Crippen LogP contribution in [0.25, 0.3) is 10.6 Å². The summed E-state index contributed by atoms with van der Waals surface area (Å²) in [6, 6.07) is 7.60. The van der Waals surface area contributed by atoms with Gasteiger partial charge >= 0.3 is 5.97 Å². The number of aromatic nitrogens is 1. The van der Waals surface area contributed by atoms with Crippen LogP contribution in [-0.4, -0.2) is 21.7 Å². The Labute approximate surface area is 167 Å². The van der Waals surface area contributed by atoms with Crippen LogP contribution in [0, 0.1) is 17.3 Å². The number of aliphatic hydroxyl groups is 1. The second-order valence-corrected chi connectivity index (χ2v) is 9.93. The number of carbonyl (C=O) groups is 1. The van der Waals surface area contributed by atoms with Gasteiger partial charge in [0.2, 0.25) is 0 Å². The van der Waals surface area contributed by atoms with Gasteiger partial charge in [0.05, 0.1) is 21.7 Å². The predicted molar refractivity (Wildman–Crippen MR) is 104 cm³/mol. The van der Waals surface area contributed by atoms with Crippen molar-refractivity contribution in [2.75, 3.05) is 0 Å². The third-order valence-corrected chi connectivity index (χ3v) is 7.72. The molecule has 4 aliphatic carbocycles. The van der Waals surface area contributed by atoms with Gasteiger partial charge in [-0.05, 0) is 56.4 Å². The molecule has 6 rings (SSSR count). The van der Waals surface area contributed by atoms with Crippen molar-refractivity contribution in [3.8, 4) is 10.6 Å². The fraction of sp³-hybridized carbons (Fsp3) is 0.524. The molecule has 0 aliphatic heterocycles. The van der Waals surface area contributed by atoms with Gasteiger partial charge < -0.3 is 9.84 Å². The average Bonchev–Trinajstić information content (AvgIpc) is 3.06. The highest BCUT2D eigenvalue weighted by Gasteiger charge is 2.60. The molecule has 1 N–H and O–H groups in total. The molecule has 4 aliphatic rings. The Balaban J connectivity index is 1.29. The van der Waals surface area contributed by atoms with Crippen molar-refractivity contribution in [3.05, 3.63) is 40.4 Å². The zero-order valence-corrected chi connectivity index (χ0v) is 16.6. The van der Waals surface area contributed by atoms with E-state index in [0.717, 1.165) is 48.4 Å². The minimum atomic E-state index is -0.652. The molecule has 2 aromatic rings. The topological polar surface area (TPSA) is 59.4 Å². The monoisotopic (exact) mass is 403 g/mol. The summed E-state index contributed by atoms with van der Waals surface area (Å²) in [6.07, 6.45) is 5.16. The second-order valence-electron chi connectivity index (χ2n) is 8.67. The fourth-order valence-corrected chi connectivity index (χ4v) is 7.00. The molecule has 4 bridgehead atoms. The molecule has 0 radical (unpaired) electrons. The molecule has 4 saturated carbocycles. The highest BCUT2D eigenvalue weighted by Crippen LogP contribution is 2.62. The van der Waals surface area contributed by atoms with E-state index < -0.39 is 11.0 Å². The van der Waals surface area contributed by atoms with E-state index >= 15 is 0 Å². The standard InChI is InChI=1S/C21H22ClNO3S/c22-17-4-2-1-3-16(17)18-23-15(11-27-18)10-26-19(24)20-6-13-5-14(7-20)9-21(25,8-13)12-20/h1-4,11,13-14,25H,5-10,12H2/t13-,14+,20?,21?. The first-order valence-electron chi connectivity index (χ1n) is 9.54. The molecule has 0 saturated heterocycles. The van der Waals surface area contributed by atoms with E-state index in [-0.39, 0.29) is 12.6 Å². The van der Waals surface area contributed by atoms with Gasteiger partial charge in [0.15, 0.2) is 0 Å². The number of carbonyl (C=O) groups excluding carboxylic acids is 1. The number of ether oxygens (including phenoxy) is 1. The fourth-order valence-electron chi connectivity index (χ4n) is 5.88. The third-order valence-electron chi connectivity index (χ3n) is 6.47. The van der Waals surface area contributed by atoms with E-state index in [1.54, 1.807) is 0 Å². The molecule has 4 nitrogen and oxygen atoms in total. The van der Waals surface area contributed by atoms with Crippen molar-refractivity contribution in [1.29, 1.82) is 0 Å². The van der Waals surface area contributed by atoms with Crippen molar-refractivity contribution in [2.45, 2.75) is 50.7 Å². The van der Waals surface area contributed by atoms with Gasteiger partial charge in [-0.1, -0.05) is 29.8 Å². The summed E-state index contributed by atoms with van der Waals surface area (Å²) >= 11 is 7.74. The Morgan fingerprint density at radius 1 is 1.26 bits per heavy atom. The highest BCUT2D eigenvalue weighted by molar-refractivity contribution is 7.13. The number of halogens is 1. The lowest BCUT2D eigenvalue weighted by Crippen LogP contribution is -2.58. The van der Waals surface area contributed by atoms with Gasteiger partial charge in [-0.3, -0.25) is 4.79 Å². The van der Waals surface area contributed by atoms with E-state index in [4.69, 9.17) is 16.3 Å². The van der Waals surface area contributed by atoms with Crippen LogP contribution >= 0.6 is 22.9 Å². The maximum Gasteiger partial charge on any atom is 0.312 e. The molecule has 1 heterocycles. The first-order chi connectivity index (χ1) is 12.9. The number of nitrogens with zero attached hydrogens (tertiary/aromatic N) is 1. The summed E-state index contributed by atoms with van der Waals surface area (Å²) in [4.78, 5) is 17.5. The van der Waals surface area contributed by atoms with Crippen molar-refractivity contribution in [1.82, 2.24) is 4.98 Å². The van der Waals surface area contributed by atoms with Gasteiger partial charge in [0, 0.05) is 10.9 Å². The zero-order valence-electron chi connectivity index (χ0n) is 15.0. The summed E-state index contributed by atoms with van der Waals surface area (Å²) in [5, 5.41) is 14.2. The lowest BCUT2D eigenvalue weighted by atomic mass is 9.48. The Bertz CT molecular complexity index is 881. The lowest BCUT2D eigenvalue weighted by Gasteiger charge is -2.58. The van der Waals surface area contributed by atoms with E-state index in [1.165, 1.54) is 11.3 Å². The Kier molecular flexibility index (Phi) is 4.12. The van der Waals surface area contributed by atoms with Crippen LogP contribution in [-0.2, 0) is 16.1 Å². The van der Waals surface area contributed by atoms with Crippen LogP contribution < -0.4 is 0 Å². The number of hydrogen-bond donors (Lipinski definition) is 1. The summed E-state index contributed by atoms with van der Waals surface area (Å²) in [7, 11) is 0. The molecule has 1 aromatic heterocycles. The molecular weight excluding hydrogens is 382 g/mol. The van der Waals surface area contributed by atoms with Gasteiger partial charge in [-0.2, -0.15) is 0 Å². The van der Waals surface area contributed by atoms with Crippen molar-refractivity contribution < 1.29 is 14.6 Å². The molecule has 1 aromatic carbocycles. The quantitative estimate of drug-likeness (QED) is 0.742. The summed E-state index contributed by atoms with van der Waals surface area (Å²) in [6.45, 7) is 0.176. The molecule has 27 heavy (non-hydrogen) atoms. The zero-order chi connectivity index (χ0) is 18.6. The molecule has 0 amide bonds. The maximum atomic E-state index is 13.0. The van der Waals surface area contributed by atoms with Crippen LogP contribution in [0.5, 0.6) is 0 Å². The van der Waals surface area contributed by atoms with Crippen molar-refractivity contribution in [3.63, 3.8) is 0 Å². The van der Waals surface area contributed by atoms with E-state index in [9.17, 15) is 9.90 Å². The number of rotatable bonds is 4. The lowest BCUT2D eigenvalue weighted by molar-refractivity contribution is -0.197. The Hall–Kier alpha value is -1.43. The van der Waals surface area contributed by atoms with E-state index in [2.05, 4.69) is 4.98 Å². The first-order valence-corrected chi connectivity index (χ1v) is 10.8. The summed E-state index contributed by atoms with van der Waals surface area (Å²) in [5.41, 5.74) is 0.498. The minimum Gasteiger partial charge on any atom is -0.459 e. The number of hydrogen-bond acceptors (Lipinski definition) is 5. The van der Waals surface area contributed by atoms with Gasteiger partial charge in [0.1, 0.15) is 11.6 Å². The Morgan fingerprint density at radius 3 is 2.70 bits per heavy atom. The van der Waals surface area contributed by atoms with E-state index in [0.29, 0.717) is 23.3 Å².